The molecule has 6 nitrogen and oxygen atoms in total. The van der Waals surface area contributed by atoms with E-state index in [1.165, 1.54) is 0 Å². The molecule has 0 unspecified atom stereocenters. The summed E-state index contributed by atoms with van der Waals surface area (Å²) in [4.78, 5) is 27.2. The van der Waals surface area contributed by atoms with Gasteiger partial charge in [0.1, 0.15) is 6.04 Å². The van der Waals surface area contributed by atoms with E-state index in [1.54, 1.807) is 22.8 Å². The van der Waals surface area contributed by atoms with Gasteiger partial charge >= 0.3 is 0 Å². The number of hydrogen-bond acceptors (Lipinski definition) is 3. The Bertz CT molecular complexity index is 967. The van der Waals surface area contributed by atoms with Gasteiger partial charge in [-0.15, -0.1) is 0 Å². The standard InChI is InChI=1S/C24H28N4O2/c1-18(2)23(26-22(29)14-19-10-6-4-7-11-19)24(30)27(3)16-20-15-25-28(17-20)21-12-8-5-9-13-21/h4-13,15,17-18,23H,14,16H2,1-3H3,(H,26,29)/t23-/m0/s1. The molecule has 156 valence electrons. The highest BCUT2D eigenvalue weighted by Gasteiger charge is 2.27. The second kappa shape index (κ2) is 9.87. The molecule has 0 spiro atoms. The minimum atomic E-state index is -0.574. The Kier molecular flexibility index (Phi) is 7.01. The Morgan fingerprint density at radius 1 is 1.00 bits per heavy atom. The highest BCUT2D eigenvalue weighted by Crippen LogP contribution is 2.12. The zero-order valence-electron chi connectivity index (χ0n) is 17.7. The highest BCUT2D eigenvalue weighted by atomic mass is 16.2. The first-order valence-electron chi connectivity index (χ1n) is 10.1. The van der Waals surface area contributed by atoms with E-state index in [1.807, 2.05) is 80.7 Å². The second-order valence-corrected chi connectivity index (χ2v) is 7.77. The molecule has 0 saturated carbocycles. The Hall–Kier alpha value is -3.41. The minimum Gasteiger partial charge on any atom is -0.344 e. The molecule has 3 rings (SSSR count). The topological polar surface area (TPSA) is 67.2 Å². The fourth-order valence-electron chi connectivity index (χ4n) is 3.27. The van der Waals surface area contributed by atoms with Gasteiger partial charge in [0.15, 0.2) is 0 Å². The van der Waals surface area contributed by atoms with E-state index in [9.17, 15) is 9.59 Å². The Morgan fingerprint density at radius 3 is 2.27 bits per heavy atom. The summed E-state index contributed by atoms with van der Waals surface area (Å²) < 4.78 is 1.79. The summed E-state index contributed by atoms with van der Waals surface area (Å²) in [6.07, 6.45) is 3.93. The molecule has 1 heterocycles. The lowest BCUT2D eigenvalue weighted by Gasteiger charge is -2.27. The molecular weight excluding hydrogens is 376 g/mol. The zero-order valence-corrected chi connectivity index (χ0v) is 17.7. The van der Waals surface area contributed by atoms with E-state index in [0.29, 0.717) is 6.54 Å². The van der Waals surface area contributed by atoms with Gasteiger partial charge < -0.3 is 10.2 Å². The molecule has 0 aliphatic carbocycles. The van der Waals surface area contributed by atoms with Gasteiger partial charge in [-0.3, -0.25) is 9.59 Å². The summed E-state index contributed by atoms with van der Waals surface area (Å²) >= 11 is 0. The molecule has 0 bridgehead atoms. The van der Waals surface area contributed by atoms with Gasteiger partial charge in [0, 0.05) is 25.4 Å². The number of carbonyl (C=O) groups is 2. The van der Waals surface area contributed by atoms with Gasteiger partial charge in [-0.25, -0.2) is 4.68 Å². The Balaban J connectivity index is 1.62. The number of benzene rings is 2. The highest BCUT2D eigenvalue weighted by molar-refractivity contribution is 5.88. The molecule has 0 aliphatic rings. The van der Waals surface area contributed by atoms with Crippen LogP contribution in [0.5, 0.6) is 0 Å². The van der Waals surface area contributed by atoms with Crippen molar-refractivity contribution in [2.75, 3.05) is 7.05 Å². The number of hydrogen-bond donors (Lipinski definition) is 1. The van der Waals surface area contributed by atoms with Crippen molar-refractivity contribution in [3.63, 3.8) is 0 Å². The SMILES string of the molecule is CC(C)[C@H](NC(=O)Cc1ccccc1)C(=O)N(C)Cc1cnn(-c2ccccc2)c1. The molecule has 1 N–H and O–H groups in total. The lowest BCUT2D eigenvalue weighted by atomic mass is 10.0. The van der Waals surface area contributed by atoms with Gasteiger partial charge in [0.05, 0.1) is 18.3 Å². The van der Waals surface area contributed by atoms with E-state index in [2.05, 4.69) is 10.4 Å². The van der Waals surface area contributed by atoms with Crippen LogP contribution in [0.4, 0.5) is 0 Å². The van der Waals surface area contributed by atoms with Crippen molar-refractivity contribution < 1.29 is 9.59 Å². The summed E-state index contributed by atoms with van der Waals surface area (Å²) in [7, 11) is 1.75. The van der Waals surface area contributed by atoms with Crippen molar-refractivity contribution >= 4 is 11.8 Å². The molecule has 3 aromatic rings. The third kappa shape index (κ3) is 5.56. The molecule has 0 radical (unpaired) electrons. The summed E-state index contributed by atoms with van der Waals surface area (Å²) in [6, 6.07) is 18.8. The van der Waals surface area contributed by atoms with Gasteiger partial charge in [0.25, 0.3) is 0 Å². The van der Waals surface area contributed by atoms with Crippen molar-refractivity contribution in [1.29, 1.82) is 0 Å². The smallest absolute Gasteiger partial charge is 0.245 e. The first-order valence-corrected chi connectivity index (χ1v) is 10.1. The van der Waals surface area contributed by atoms with Crippen LogP contribution in [0.1, 0.15) is 25.0 Å². The summed E-state index contributed by atoms with van der Waals surface area (Å²) in [5.41, 5.74) is 2.81. The molecule has 0 saturated heterocycles. The molecule has 0 aliphatic heterocycles. The molecule has 30 heavy (non-hydrogen) atoms. The monoisotopic (exact) mass is 404 g/mol. The normalized spacial score (nSPS) is 11.9. The van der Waals surface area contributed by atoms with Crippen LogP contribution in [-0.2, 0) is 22.6 Å². The molecule has 1 aromatic heterocycles. The fourth-order valence-corrected chi connectivity index (χ4v) is 3.27. The van der Waals surface area contributed by atoms with Crippen LogP contribution in [0.2, 0.25) is 0 Å². The maximum Gasteiger partial charge on any atom is 0.245 e. The number of nitrogens with zero attached hydrogens (tertiary/aromatic N) is 3. The number of likely N-dealkylation sites (N-methyl/N-ethyl adjacent to an activating group) is 1. The molecular formula is C24H28N4O2. The number of para-hydroxylation sites is 1. The predicted molar refractivity (Wildman–Crippen MR) is 117 cm³/mol. The molecule has 2 amide bonds. The first-order chi connectivity index (χ1) is 14.4. The second-order valence-electron chi connectivity index (χ2n) is 7.77. The van der Waals surface area contributed by atoms with Crippen LogP contribution in [0.25, 0.3) is 5.69 Å². The predicted octanol–water partition coefficient (Wildman–Crippen LogP) is 3.21. The third-order valence-electron chi connectivity index (χ3n) is 4.91. The van der Waals surface area contributed by atoms with Crippen molar-refractivity contribution in [2.45, 2.75) is 32.9 Å². The largest absolute Gasteiger partial charge is 0.344 e. The molecule has 2 aromatic carbocycles. The van der Waals surface area contributed by atoms with Crippen LogP contribution in [-0.4, -0.2) is 39.6 Å². The average molecular weight is 405 g/mol. The average Bonchev–Trinajstić information content (AvgIpc) is 3.21. The summed E-state index contributed by atoms with van der Waals surface area (Å²) in [5, 5.41) is 7.29. The minimum absolute atomic E-state index is 0.0216. The van der Waals surface area contributed by atoms with Crippen LogP contribution in [0.3, 0.4) is 0 Å². The van der Waals surface area contributed by atoms with E-state index < -0.39 is 6.04 Å². The van der Waals surface area contributed by atoms with Gasteiger partial charge in [-0.1, -0.05) is 62.4 Å². The van der Waals surface area contributed by atoms with Crippen LogP contribution in [0.15, 0.2) is 73.1 Å². The fraction of sp³-hybridized carbons (Fsp3) is 0.292. The quantitative estimate of drug-likeness (QED) is 0.627. The number of nitrogens with one attached hydrogen (secondary N) is 1. The Labute approximate surface area is 177 Å². The van der Waals surface area contributed by atoms with Crippen molar-refractivity contribution in [3.05, 3.63) is 84.2 Å². The van der Waals surface area contributed by atoms with Gasteiger partial charge in [0.2, 0.25) is 11.8 Å². The lowest BCUT2D eigenvalue weighted by molar-refractivity contribution is -0.136. The molecule has 0 fully saturated rings. The third-order valence-corrected chi connectivity index (χ3v) is 4.91. The number of amides is 2. The van der Waals surface area contributed by atoms with Crippen molar-refractivity contribution in [1.82, 2.24) is 20.0 Å². The Morgan fingerprint density at radius 2 is 1.63 bits per heavy atom. The molecule has 6 heteroatoms. The summed E-state index contributed by atoms with van der Waals surface area (Å²) in [6.45, 7) is 4.29. The van der Waals surface area contributed by atoms with E-state index in [-0.39, 0.29) is 24.2 Å². The summed E-state index contributed by atoms with van der Waals surface area (Å²) in [5.74, 6) is -0.288. The van der Waals surface area contributed by atoms with Crippen LogP contribution < -0.4 is 5.32 Å². The van der Waals surface area contributed by atoms with E-state index in [4.69, 9.17) is 0 Å². The van der Waals surface area contributed by atoms with E-state index in [0.717, 1.165) is 16.8 Å². The first kappa shape index (κ1) is 21.3. The van der Waals surface area contributed by atoms with E-state index >= 15 is 0 Å². The number of aromatic nitrogens is 2. The van der Waals surface area contributed by atoms with Crippen molar-refractivity contribution in [2.24, 2.45) is 5.92 Å². The maximum atomic E-state index is 13.0. The number of rotatable bonds is 8. The van der Waals surface area contributed by atoms with Crippen molar-refractivity contribution in [3.8, 4) is 5.69 Å². The van der Waals surface area contributed by atoms with Gasteiger partial charge in [-0.2, -0.15) is 5.10 Å². The van der Waals surface area contributed by atoms with Crippen LogP contribution >= 0.6 is 0 Å². The molecule has 1 atom stereocenters. The van der Waals surface area contributed by atoms with Gasteiger partial charge in [-0.05, 0) is 23.6 Å². The zero-order chi connectivity index (χ0) is 21.5. The van der Waals surface area contributed by atoms with Crippen LogP contribution in [0, 0.1) is 5.92 Å². The maximum absolute atomic E-state index is 13.0. The number of carbonyl (C=O) groups excluding carboxylic acids is 2. The lowest BCUT2D eigenvalue weighted by Crippen LogP contribution is -2.50.